The highest BCUT2D eigenvalue weighted by Crippen LogP contribution is 2.25. The van der Waals surface area contributed by atoms with Crippen molar-refractivity contribution in [2.45, 2.75) is 6.61 Å². The van der Waals surface area contributed by atoms with Crippen LogP contribution in [0.1, 0.15) is 5.56 Å². The highest BCUT2D eigenvalue weighted by atomic mass is 35.5. The van der Waals surface area contributed by atoms with E-state index in [-0.39, 0.29) is 12.5 Å². The van der Waals surface area contributed by atoms with Gasteiger partial charge in [0.2, 0.25) is 0 Å². The maximum Gasteiger partial charge on any atom is 0.258 e. The molecule has 0 fully saturated rings. The van der Waals surface area contributed by atoms with Crippen molar-refractivity contribution in [1.29, 1.82) is 0 Å². The molecule has 1 aromatic carbocycles. The van der Waals surface area contributed by atoms with E-state index in [1.54, 1.807) is 18.2 Å². The van der Waals surface area contributed by atoms with E-state index >= 15 is 0 Å². The molecule has 1 aliphatic rings. The quantitative estimate of drug-likeness (QED) is 0.848. The van der Waals surface area contributed by atoms with E-state index < -0.39 is 0 Å². The van der Waals surface area contributed by atoms with Crippen molar-refractivity contribution < 1.29 is 9.90 Å². The molecule has 0 atom stereocenters. The van der Waals surface area contributed by atoms with Crippen LogP contribution in [0.4, 0.5) is 5.69 Å². The van der Waals surface area contributed by atoms with Gasteiger partial charge in [-0.25, -0.2) is 0 Å². The average Bonchev–Trinajstić information content (AvgIpc) is 2.67. The van der Waals surface area contributed by atoms with E-state index in [1.807, 2.05) is 0 Å². The molecule has 0 saturated heterocycles. The van der Waals surface area contributed by atoms with Crippen LogP contribution in [0.25, 0.3) is 0 Å². The number of hydrogen-bond donors (Lipinski definition) is 2. The standard InChI is InChI=1S/C10H9ClN2O2S/c11-7-2-1-6(4-14)3-8(7)12-10-13-9(15)5-16-10/h1-3,14H,4-5H2,(H,12,13,15). The van der Waals surface area contributed by atoms with Gasteiger partial charge in [0.15, 0.2) is 5.17 Å². The second kappa shape index (κ2) is 4.86. The third kappa shape index (κ3) is 2.55. The van der Waals surface area contributed by atoms with Gasteiger partial charge in [0, 0.05) is 0 Å². The molecule has 4 nitrogen and oxygen atoms in total. The summed E-state index contributed by atoms with van der Waals surface area (Å²) in [6.45, 7) is -0.0512. The highest BCUT2D eigenvalue weighted by Gasteiger charge is 2.15. The van der Waals surface area contributed by atoms with Gasteiger partial charge in [0.1, 0.15) is 0 Å². The number of nitrogens with zero attached hydrogens (tertiary/aromatic N) is 1. The van der Waals surface area contributed by atoms with Crippen LogP contribution >= 0.6 is 23.4 Å². The molecule has 6 heteroatoms. The second-order valence-electron chi connectivity index (χ2n) is 3.20. The van der Waals surface area contributed by atoms with Gasteiger partial charge in [-0.2, -0.15) is 4.99 Å². The molecule has 0 bridgehead atoms. The monoisotopic (exact) mass is 256 g/mol. The molecule has 0 aromatic heterocycles. The fourth-order valence-corrected chi connectivity index (χ4v) is 2.09. The van der Waals surface area contributed by atoms with Crippen molar-refractivity contribution in [2.24, 2.45) is 4.99 Å². The van der Waals surface area contributed by atoms with Crippen molar-refractivity contribution in [3.05, 3.63) is 28.8 Å². The molecule has 2 rings (SSSR count). The fourth-order valence-electron chi connectivity index (χ4n) is 1.25. The minimum atomic E-state index is -0.151. The Balaban J connectivity index is 2.20. The second-order valence-corrected chi connectivity index (χ2v) is 4.57. The Morgan fingerprint density at radius 1 is 1.56 bits per heavy atom. The molecule has 1 amide bonds. The molecule has 0 aliphatic carbocycles. The summed E-state index contributed by atoms with van der Waals surface area (Å²) in [5, 5.41) is 13.0. The summed E-state index contributed by atoms with van der Waals surface area (Å²) in [7, 11) is 0. The maximum absolute atomic E-state index is 10.9. The Labute approximate surface area is 102 Å². The lowest BCUT2D eigenvalue weighted by Gasteiger charge is -2.08. The summed E-state index contributed by atoms with van der Waals surface area (Å²) >= 11 is 7.31. The molecule has 1 heterocycles. The van der Waals surface area contributed by atoms with Gasteiger partial charge >= 0.3 is 0 Å². The van der Waals surface area contributed by atoms with Gasteiger partial charge in [0.25, 0.3) is 5.91 Å². The molecule has 16 heavy (non-hydrogen) atoms. The molecule has 1 aromatic rings. The maximum atomic E-state index is 10.9. The van der Waals surface area contributed by atoms with E-state index in [4.69, 9.17) is 16.7 Å². The Morgan fingerprint density at radius 3 is 3.00 bits per heavy atom. The van der Waals surface area contributed by atoms with Gasteiger partial charge in [0.05, 0.1) is 23.1 Å². The molecular formula is C10H9ClN2O2S. The van der Waals surface area contributed by atoms with Crippen LogP contribution in [-0.4, -0.2) is 21.9 Å². The number of amides is 1. The number of thioether (sulfide) groups is 1. The largest absolute Gasteiger partial charge is 0.392 e. The van der Waals surface area contributed by atoms with Gasteiger partial charge in [-0.05, 0) is 17.7 Å². The zero-order chi connectivity index (χ0) is 11.5. The van der Waals surface area contributed by atoms with Crippen molar-refractivity contribution >= 4 is 40.1 Å². The van der Waals surface area contributed by atoms with Gasteiger partial charge in [-0.15, -0.1) is 0 Å². The predicted molar refractivity (Wildman–Crippen MR) is 65.9 cm³/mol. The number of carbonyl (C=O) groups is 1. The Hall–Kier alpha value is -1.04. The smallest absolute Gasteiger partial charge is 0.258 e. The van der Waals surface area contributed by atoms with Crippen LogP contribution in [0.15, 0.2) is 23.2 Å². The van der Waals surface area contributed by atoms with Gasteiger partial charge < -0.3 is 10.4 Å². The number of aliphatic hydroxyl groups excluding tert-OH is 1. The van der Waals surface area contributed by atoms with Crippen molar-refractivity contribution in [3.63, 3.8) is 0 Å². The lowest BCUT2D eigenvalue weighted by atomic mass is 10.2. The summed E-state index contributed by atoms with van der Waals surface area (Å²) in [4.78, 5) is 14.7. The lowest BCUT2D eigenvalue weighted by molar-refractivity contribution is -0.115. The lowest BCUT2D eigenvalue weighted by Crippen LogP contribution is -2.05. The van der Waals surface area contributed by atoms with E-state index in [0.29, 0.717) is 21.6 Å². The molecule has 0 radical (unpaired) electrons. The number of aliphatic imine (C=N–C) groups is 1. The van der Waals surface area contributed by atoms with Crippen LogP contribution < -0.4 is 5.32 Å². The fraction of sp³-hybridized carbons (Fsp3) is 0.200. The minimum absolute atomic E-state index is 0.0512. The summed E-state index contributed by atoms with van der Waals surface area (Å²) in [6, 6.07) is 5.16. The van der Waals surface area contributed by atoms with Crippen LogP contribution in [0.3, 0.4) is 0 Å². The van der Waals surface area contributed by atoms with Crippen LogP contribution in [0, 0.1) is 0 Å². The summed E-state index contributed by atoms with van der Waals surface area (Å²) in [6.07, 6.45) is 0. The third-order valence-electron chi connectivity index (χ3n) is 2.01. The molecule has 84 valence electrons. The first-order valence-electron chi connectivity index (χ1n) is 4.59. The first-order chi connectivity index (χ1) is 7.69. The molecule has 0 saturated carbocycles. The number of aliphatic hydroxyl groups is 1. The van der Waals surface area contributed by atoms with E-state index in [1.165, 1.54) is 11.8 Å². The van der Waals surface area contributed by atoms with E-state index in [0.717, 1.165) is 5.56 Å². The Kier molecular flexibility index (Phi) is 3.48. The van der Waals surface area contributed by atoms with Crippen molar-refractivity contribution in [3.8, 4) is 0 Å². The van der Waals surface area contributed by atoms with Crippen molar-refractivity contribution in [1.82, 2.24) is 0 Å². The van der Waals surface area contributed by atoms with E-state index in [9.17, 15) is 4.79 Å². The molecular weight excluding hydrogens is 248 g/mol. The summed E-state index contributed by atoms with van der Waals surface area (Å²) in [5.41, 5.74) is 1.40. The average molecular weight is 257 g/mol. The first kappa shape index (κ1) is 11.4. The Bertz CT molecular complexity index is 462. The molecule has 0 spiro atoms. The molecule has 1 aliphatic heterocycles. The number of halogens is 1. The number of amidine groups is 1. The van der Waals surface area contributed by atoms with Crippen LogP contribution in [0.5, 0.6) is 0 Å². The first-order valence-corrected chi connectivity index (χ1v) is 5.96. The molecule has 2 N–H and O–H groups in total. The van der Waals surface area contributed by atoms with Gasteiger partial charge in [-0.3, -0.25) is 4.79 Å². The zero-order valence-corrected chi connectivity index (χ0v) is 9.81. The third-order valence-corrected chi connectivity index (χ3v) is 3.20. The number of carbonyl (C=O) groups excluding carboxylic acids is 1. The predicted octanol–water partition coefficient (Wildman–Crippen LogP) is 1.87. The number of hydrogen-bond acceptors (Lipinski definition) is 4. The number of nitrogens with one attached hydrogen (secondary N) is 1. The topological polar surface area (TPSA) is 61.7 Å². The zero-order valence-electron chi connectivity index (χ0n) is 8.24. The Morgan fingerprint density at radius 2 is 2.38 bits per heavy atom. The summed E-state index contributed by atoms with van der Waals surface area (Å²) < 4.78 is 0. The van der Waals surface area contributed by atoms with Gasteiger partial charge in [-0.1, -0.05) is 29.4 Å². The molecule has 0 unspecified atom stereocenters. The normalized spacial score (nSPS) is 15.1. The van der Waals surface area contributed by atoms with Crippen LogP contribution in [0.2, 0.25) is 5.02 Å². The van der Waals surface area contributed by atoms with Crippen molar-refractivity contribution in [2.75, 3.05) is 11.1 Å². The highest BCUT2D eigenvalue weighted by molar-refractivity contribution is 8.15. The summed E-state index contributed by atoms with van der Waals surface area (Å²) in [5.74, 6) is 0.210. The number of benzene rings is 1. The SMILES string of the molecule is O=C1CSC(Nc2cc(CO)ccc2Cl)=N1. The number of anilines is 1. The number of rotatable bonds is 2. The van der Waals surface area contributed by atoms with E-state index in [2.05, 4.69) is 10.3 Å². The minimum Gasteiger partial charge on any atom is -0.392 e. The van der Waals surface area contributed by atoms with Crippen LogP contribution in [-0.2, 0) is 11.4 Å².